The minimum absolute atomic E-state index is 0.131. The number of rotatable bonds is 3. The summed E-state index contributed by atoms with van der Waals surface area (Å²) in [4.78, 5) is 13.1. The Kier molecular flexibility index (Phi) is 4.09. The first-order chi connectivity index (χ1) is 8.66. The molecule has 0 spiro atoms. The van der Waals surface area contributed by atoms with E-state index in [9.17, 15) is 4.79 Å². The van der Waals surface area contributed by atoms with Crippen molar-refractivity contribution in [3.8, 4) is 0 Å². The van der Waals surface area contributed by atoms with Gasteiger partial charge in [0.25, 0.3) is 5.91 Å². The van der Waals surface area contributed by atoms with Gasteiger partial charge < -0.3 is 15.5 Å². The van der Waals surface area contributed by atoms with Crippen molar-refractivity contribution < 1.29 is 4.79 Å². The van der Waals surface area contributed by atoms with E-state index in [1.807, 2.05) is 0 Å². The molecule has 1 saturated heterocycles. The van der Waals surface area contributed by atoms with E-state index in [0.717, 1.165) is 25.3 Å². The summed E-state index contributed by atoms with van der Waals surface area (Å²) < 4.78 is 0. The summed E-state index contributed by atoms with van der Waals surface area (Å²) in [5.41, 5.74) is 0.368. The zero-order valence-corrected chi connectivity index (χ0v) is 10.8. The van der Waals surface area contributed by atoms with E-state index in [-0.39, 0.29) is 5.91 Å². The second-order valence-corrected chi connectivity index (χ2v) is 4.69. The third kappa shape index (κ3) is 3.16. The molecule has 1 unspecified atom stereocenters. The largest absolute Gasteiger partial charge is 0.365 e. The SMILES string of the molecule is CN(C)C(=O)c1ccc(NC2CCCNC2)nn1. The molecular weight excluding hydrogens is 230 g/mol. The molecule has 2 rings (SSSR count). The second-order valence-electron chi connectivity index (χ2n) is 4.69. The molecule has 1 atom stereocenters. The van der Waals surface area contributed by atoms with Crippen molar-refractivity contribution in [2.24, 2.45) is 0 Å². The van der Waals surface area contributed by atoms with Gasteiger partial charge in [0.1, 0.15) is 5.82 Å². The smallest absolute Gasteiger partial charge is 0.273 e. The number of hydrogen-bond donors (Lipinski definition) is 2. The Morgan fingerprint density at radius 3 is 2.83 bits per heavy atom. The molecule has 1 aromatic heterocycles. The highest BCUT2D eigenvalue weighted by molar-refractivity contribution is 5.91. The standard InChI is InChI=1S/C12H19N5O/c1-17(2)12(18)10-5-6-11(16-15-10)14-9-4-3-7-13-8-9/h5-6,9,13H,3-4,7-8H2,1-2H3,(H,14,16). The molecule has 0 saturated carbocycles. The molecule has 0 bridgehead atoms. The number of aromatic nitrogens is 2. The number of amides is 1. The predicted molar refractivity (Wildman–Crippen MR) is 69.6 cm³/mol. The van der Waals surface area contributed by atoms with Crippen LogP contribution in [0.25, 0.3) is 0 Å². The molecule has 0 aliphatic carbocycles. The third-order valence-electron chi connectivity index (χ3n) is 2.94. The lowest BCUT2D eigenvalue weighted by Crippen LogP contribution is -2.38. The number of nitrogens with zero attached hydrogens (tertiary/aromatic N) is 3. The van der Waals surface area contributed by atoms with Crippen molar-refractivity contribution in [2.75, 3.05) is 32.5 Å². The molecule has 2 N–H and O–H groups in total. The van der Waals surface area contributed by atoms with E-state index in [4.69, 9.17) is 0 Å². The van der Waals surface area contributed by atoms with Crippen LogP contribution in [0.4, 0.5) is 5.82 Å². The van der Waals surface area contributed by atoms with E-state index in [1.165, 1.54) is 11.3 Å². The van der Waals surface area contributed by atoms with Crippen molar-refractivity contribution in [1.82, 2.24) is 20.4 Å². The van der Waals surface area contributed by atoms with Crippen LogP contribution in [0, 0.1) is 0 Å². The molecule has 2 heterocycles. The molecule has 98 valence electrons. The first kappa shape index (κ1) is 12.8. The zero-order chi connectivity index (χ0) is 13.0. The molecule has 1 fully saturated rings. The first-order valence-corrected chi connectivity index (χ1v) is 6.19. The Morgan fingerprint density at radius 2 is 2.28 bits per heavy atom. The topological polar surface area (TPSA) is 70.2 Å². The highest BCUT2D eigenvalue weighted by Crippen LogP contribution is 2.09. The molecule has 1 amide bonds. The summed E-state index contributed by atoms with van der Waals surface area (Å²) in [5, 5.41) is 14.6. The zero-order valence-electron chi connectivity index (χ0n) is 10.8. The molecule has 6 nitrogen and oxygen atoms in total. The van der Waals surface area contributed by atoms with E-state index in [0.29, 0.717) is 11.7 Å². The summed E-state index contributed by atoms with van der Waals surface area (Å²) in [6, 6.07) is 3.90. The van der Waals surface area contributed by atoms with Crippen LogP contribution in [0.2, 0.25) is 0 Å². The molecule has 1 aliphatic rings. The van der Waals surface area contributed by atoms with Gasteiger partial charge in [-0.3, -0.25) is 4.79 Å². The number of carbonyl (C=O) groups excluding carboxylic acids is 1. The van der Waals surface area contributed by atoms with Gasteiger partial charge in [-0.2, -0.15) is 0 Å². The average Bonchev–Trinajstić information content (AvgIpc) is 2.40. The van der Waals surface area contributed by atoms with E-state index < -0.39 is 0 Å². The van der Waals surface area contributed by atoms with Gasteiger partial charge in [0.15, 0.2) is 5.69 Å². The van der Waals surface area contributed by atoms with Crippen LogP contribution in [0.15, 0.2) is 12.1 Å². The van der Waals surface area contributed by atoms with E-state index in [1.54, 1.807) is 26.2 Å². The maximum absolute atomic E-state index is 11.6. The normalized spacial score (nSPS) is 19.3. The highest BCUT2D eigenvalue weighted by Gasteiger charge is 2.14. The summed E-state index contributed by atoms with van der Waals surface area (Å²) in [6.45, 7) is 2.03. The predicted octanol–water partition coefficient (Wildman–Crippen LogP) is 0.342. The van der Waals surface area contributed by atoms with Gasteiger partial charge in [0, 0.05) is 26.7 Å². The van der Waals surface area contributed by atoms with Gasteiger partial charge in [0.2, 0.25) is 0 Å². The van der Waals surface area contributed by atoms with Crippen LogP contribution in [0.5, 0.6) is 0 Å². The van der Waals surface area contributed by atoms with Gasteiger partial charge in [-0.05, 0) is 31.5 Å². The van der Waals surface area contributed by atoms with Crippen molar-refractivity contribution in [3.63, 3.8) is 0 Å². The monoisotopic (exact) mass is 249 g/mol. The number of carbonyl (C=O) groups is 1. The maximum Gasteiger partial charge on any atom is 0.273 e. The molecular formula is C12H19N5O. The minimum atomic E-state index is -0.131. The van der Waals surface area contributed by atoms with Gasteiger partial charge in [-0.1, -0.05) is 0 Å². The van der Waals surface area contributed by atoms with Gasteiger partial charge in [0.05, 0.1) is 0 Å². The Hall–Kier alpha value is -1.69. The third-order valence-corrected chi connectivity index (χ3v) is 2.94. The fourth-order valence-corrected chi connectivity index (χ4v) is 1.94. The van der Waals surface area contributed by atoms with E-state index in [2.05, 4.69) is 20.8 Å². The van der Waals surface area contributed by atoms with Crippen LogP contribution in [0.3, 0.4) is 0 Å². The summed E-state index contributed by atoms with van der Waals surface area (Å²) in [7, 11) is 3.40. The lowest BCUT2D eigenvalue weighted by atomic mass is 10.1. The molecule has 1 aliphatic heterocycles. The molecule has 0 radical (unpaired) electrons. The first-order valence-electron chi connectivity index (χ1n) is 6.19. The number of anilines is 1. The summed E-state index contributed by atoms with van der Waals surface area (Å²) in [5.74, 6) is 0.590. The molecule has 18 heavy (non-hydrogen) atoms. The quantitative estimate of drug-likeness (QED) is 0.808. The van der Waals surface area contributed by atoms with Crippen LogP contribution in [0.1, 0.15) is 23.3 Å². The highest BCUT2D eigenvalue weighted by atomic mass is 16.2. The molecule has 6 heteroatoms. The number of piperidine rings is 1. The Bertz CT molecular complexity index is 397. The van der Waals surface area contributed by atoms with Crippen LogP contribution in [-0.4, -0.2) is 54.2 Å². The van der Waals surface area contributed by atoms with Gasteiger partial charge >= 0.3 is 0 Å². The van der Waals surface area contributed by atoms with E-state index >= 15 is 0 Å². The summed E-state index contributed by atoms with van der Waals surface area (Å²) >= 11 is 0. The lowest BCUT2D eigenvalue weighted by molar-refractivity contribution is 0.0821. The summed E-state index contributed by atoms with van der Waals surface area (Å²) in [6.07, 6.45) is 2.30. The van der Waals surface area contributed by atoms with Crippen LogP contribution < -0.4 is 10.6 Å². The minimum Gasteiger partial charge on any atom is -0.365 e. The number of hydrogen-bond acceptors (Lipinski definition) is 5. The Balaban J connectivity index is 1.96. The Labute approximate surface area is 107 Å². The van der Waals surface area contributed by atoms with Crippen molar-refractivity contribution >= 4 is 11.7 Å². The van der Waals surface area contributed by atoms with Gasteiger partial charge in [-0.15, -0.1) is 10.2 Å². The fraction of sp³-hybridized carbons (Fsp3) is 0.583. The number of nitrogens with one attached hydrogen (secondary N) is 2. The fourth-order valence-electron chi connectivity index (χ4n) is 1.94. The second kappa shape index (κ2) is 5.77. The van der Waals surface area contributed by atoms with Crippen LogP contribution >= 0.6 is 0 Å². The van der Waals surface area contributed by atoms with Crippen LogP contribution in [-0.2, 0) is 0 Å². The molecule has 1 aromatic rings. The average molecular weight is 249 g/mol. The maximum atomic E-state index is 11.6. The van der Waals surface area contributed by atoms with Gasteiger partial charge in [-0.25, -0.2) is 0 Å². The Morgan fingerprint density at radius 1 is 1.44 bits per heavy atom. The van der Waals surface area contributed by atoms with Crippen molar-refractivity contribution in [3.05, 3.63) is 17.8 Å². The molecule has 0 aromatic carbocycles. The lowest BCUT2D eigenvalue weighted by Gasteiger charge is -2.24. The van der Waals surface area contributed by atoms with Crippen molar-refractivity contribution in [1.29, 1.82) is 0 Å². The van der Waals surface area contributed by atoms with Crippen molar-refractivity contribution in [2.45, 2.75) is 18.9 Å².